The Bertz CT molecular complexity index is 144. The summed E-state index contributed by atoms with van der Waals surface area (Å²) < 4.78 is 0. The molecule has 0 aromatic rings. The Labute approximate surface area is 74.2 Å². The average molecular weight is 173 g/mol. The summed E-state index contributed by atoms with van der Waals surface area (Å²) in [5.74, 6) is -0.116. The molecule has 0 atom stereocenters. The topological polar surface area (TPSA) is 49.3 Å². The van der Waals surface area contributed by atoms with Crippen molar-refractivity contribution in [1.29, 1.82) is 0 Å². The van der Waals surface area contributed by atoms with Crippen LogP contribution in [-0.2, 0) is 4.79 Å². The molecule has 0 unspecified atom stereocenters. The lowest BCUT2D eigenvalue weighted by Crippen LogP contribution is -2.43. The number of hydrogen-bond donors (Lipinski definition) is 2. The highest BCUT2D eigenvalue weighted by atomic mass is 16.3. The zero-order valence-corrected chi connectivity index (χ0v) is 8.56. The third kappa shape index (κ3) is 7.54. The van der Waals surface area contributed by atoms with Gasteiger partial charge in [0.05, 0.1) is 12.0 Å². The van der Waals surface area contributed by atoms with Crippen LogP contribution in [0.5, 0.6) is 0 Å². The van der Waals surface area contributed by atoms with Gasteiger partial charge in [-0.3, -0.25) is 4.79 Å². The molecule has 0 radical (unpaired) electrons. The first-order valence-corrected chi connectivity index (χ1v) is 4.13. The zero-order chi connectivity index (χ0) is 9.99. The molecule has 0 rings (SSSR count). The molecule has 0 heterocycles. The number of aliphatic hydroxyl groups is 1. The van der Waals surface area contributed by atoms with Gasteiger partial charge in [-0.25, -0.2) is 0 Å². The van der Waals surface area contributed by atoms with Crippen molar-refractivity contribution in [2.45, 2.75) is 52.2 Å². The lowest BCUT2D eigenvalue weighted by molar-refractivity contribution is -0.126. The highest BCUT2D eigenvalue weighted by Gasteiger charge is 2.21. The summed E-state index contributed by atoms with van der Waals surface area (Å²) in [5, 5.41) is 12.1. The molecule has 0 saturated heterocycles. The molecule has 1 amide bonds. The van der Waals surface area contributed by atoms with Crippen molar-refractivity contribution < 1.29 is 9.90 Å². The van der Waals surface area contributed by atoms with Crippen LogP contribution in [0.25, 0.3) is 0 Å². The van der Waals surface area contributed by atoms with E-state index in [1.54, 1.807) is 13.8 Å². The van der Waals surface area contributed by atoms with Gasteiger partial charge in [0.25, 0.3) is 0 Å². The van der Waals surface area contributed by atoms with Gasteiger partial charge >= 0.3 is 0 Å². The van der Waals surface area contributed by atoms with E-state index < -0.39 is 5.60 Å². The number of rotatable bonds is 2. The second-order valence-electron chi connectivity index (χ2n) is 4.79. The molecule has 0 spiro atoms. The third-order valence-electron chi connectivity index (χ3n) is 1.11. The Morgan fingerprint density at radius 1 is 1.25 bits per heavy atom. The van der Waals surface area contributed by atoms with Gasteiger partial charge in [0.1, 0.15) is 0 Å². The first kappa shape index (κ1) is 11.4. The maximum absolute atomic E-state index is 11.2. The van der Waals surface area contributed by atoms with Crippen LogP contribution in [0.3, 0.4) is 0 Å². The minimum absolute atomic E-state index is 0.116. The van der Waals surface area contributed by atoms with E-state index in [9.17, 15) is 9.90 Å². The molecule has 0 fully saturated rings. The fraction of sp³-hybridized carbons (Fsp3) is 0.889. The molecule has 0 aliphatic carbocycles. The lowest BCUT2D eigenvalue weighted by atomic mass is 10.0. The number of nitrogens with one attached hydrogen (secondary N) is 1. The Morgan fingerprint density at radius 2 is 1.67 bits per heavy atom. The quantitative estimate of drug-likeness (QED) is 0.656. The van der Waals surface area contributed by atoms with E-state index in [1.807, 2.05) is 20.8 Å². The fourth-order valence-corrected chi connectivity index (χ4v) is 0.855. The number of carbonyl (C=O) groups excluding carboxylic acids is 1. The second kappa shape index (κ2) is 3.44. The van der Waals surface area contributed by atoms with Crippen molar-refractivity contribution in [3.8, 4) is 0 Å². The minimum atomic E-state index is -0.921. The Kier molecular flexibility index (Phi) is 3.27. The molecular weight excluding hydrogens is 154 g/mol. The van der Waals surface area contributed by atoms with E-state index in [0.29, 0.717) is 0 Å². The second-order valence-corrected chi connectivity index (χ2v) is 4.79. The SMILES string of the molecule is CC(C)(O)CC(=O)NC(C)(C)C. The molecule has 3 nitrogen and oxygen atoms in total. The van der Waals surface area contributed by atoms with Crippen LogP contribution in [0.2, 0.25) is 0 Å². The normalized spacial score (nSPS) is 12.8. The summed E-state index contributed by atoms with van der Waals surface area (Å²) in [4.78, 5) is 11.2. The minimum Gasteiger partial charge on any atom is -0.390 e. The van der Waals surface area contributed by atoms with Crippen LogP contribution in [0.15, 0.2) is 0 Å². The smallest absolute Gasteiger partial charge is 0.223 e. The highest BCUT2D eigenvalue weighted by molar-refractivity contribution is 5.77. The van der Waals surface area contributed by atoms with Crippen LogP contribution >= 0.6 is 0 Å². The van der Waals surface area contributed by atoms with E-state index in [4.69, 9.17) is 0 Å². The molecule has 3 heteroatoms. The predicted molar refractivity (Wildman–Crippen MR) is 48.8 cm³/mol. The molecule has 72 valence electrons. The molecule has 0 aliphatic heterocycles. The summed E-state index contributed by atoms with van der Waals surface area (Å²) in [5.41, 5.74) is -1.14. The van der Waals surface area contributed by atoms with Gasteiger partial charge in [-0.2, -0.15) is 0 Å². The van der Waals surface area contributed by atoms with Gasteiger partial charge in [-0.15, -0.1) is 0 Å². The maximum atomic E-state index is 11.2. The van der Waals surface area contributed by atoms with Gasteiger partial charge in [0, 0.05) is 5.54 Å². The van der Waals surface area contributed by atoms with E-state index in [0.717, 1.165) is 0 Å². The molecule has 0 aliphatic rings. The summed E-state index contributed by atoms with van der Waals surface area (Å²) >= 11 is 0. The molecule has 0 bridgehead atoms. The molecule has 0 aromatic heterocycles. The van der Waals surface area contributed by atoms with Crippen LogP contribution in [0.4, 0.5) is 0 Å². The first-order chi connectivity index (χ1) is 5.10. The number of carbonyl (C=O) groups is 1. The molecule has 2 N–H and O–H groups in total. The van der Waals surface area contributed by atoms with Gasteiger partial charge in [-0.1, -0.05) is 0 Å². The maximum Gasteiger partial charge on any atom is 0.223 e. The van der Waals surface area contributed by atoms with Crippen molar-refractivity contribution in [3.05, 3.63) is 0 Å². The van der Waals surface area contributed by atoms with Crippen LogP contribution in [-0.4, -0.2) is 22.2 Å². The van der Waals surface area contributed by atoms with E-state index in [2.05, 4.69) is 5.32 Å². The summed E-state index contributed by atoms with van der Waals surface area (Å²) in [6.07, 6.45) is 0.143. The van der Waals surface area contributed by atoms with Crippen molar-refractivity contribution in [2.24, 2.45) is 0 Å². The monoisotopic (exact) mass is 173 g/mol. The van der Waals surface area contributed by atoms with Crippen LogP contribution in [0.1, 0.15) is 41.0 Å². The Balaban J connectivity index is 3.92. The third-order valence-corrected chi connectivity index (χ3v) is 1.11. The molecular formula is C9H19NO2. The predicted octanol–water partition coefficient (Wildman–Crippen LogP) is 1.06. The average Bonchev–Trinajstić information content (AvgIpc) is 1.49. The van der Waals surface area contributed by atoms with Gasteiger partial charge in [0.2, 0.25) is 5.91 Å². The summed E-state index contributed by atoms with van der Waals surface area (Å²) in [6.45, 7) is 8.98. The molecule has 0 saturated carbocycles. The van der Waals surface area contributed by atoms with Crippen molar-refractivity contribution >= 4 is 5.91 Å². The Morgan fingerprint density at radius 3 is 1.92 bits per heavy atom. The molecule has 12 heavy (non-hydrogen) atoms. The molecule has 0 aromatic carbocycles. The Hall–Kier alpha value is -0.570. The van der Waals surface area contributed by atoms with E-state index in [-0.39, 0.29) is 17.9 Å². The number of hydrogen-bond acceptors (Lipinski definition) is 2. The standard InChI is InChI=1S/C9H19NO2/c1-8(2,3)10-7(11)6-9(4,5)12/h12H,6H2,1-5H3,(H,10,11). The van der Waals surface area contributed by atoms with E-state index >= 15 is 0 Å². The van der Waals surface area contributed by atoms with Gasteiger partial charge in [0.15, 0.2) is 0 Å². The number of amides is 1. The van der Waals surface area contributed by atoms with Crippen LogP contribution < -0.4 is 5.32 Å². The van der Waals surface area contributed by atoms with Crippen molar-refractivity contribution in [3.63, 3.8) is 0 Å². The van der Waals surface area contributed by atoms with Gasteiger partial charge < -0.3 is 10.4 Å². The summed E-state index contributed by atoms with van der Waals surface area (Å²) in [6, 6.07) is 0. The zero-order valence-electron chi connectivity index (χ0n) is 8.56. The fourth-order valence-electron chi connectivity index (χ4n) is 0.855. The lowest BCUT2D eigenvalue weighted by Gasteiger charge is -2.23. The van der Waals surface area contributed by atoms with Crippen molar-refractivity contribution in [2.75, 3.05) is 0 Å². The largest absolute Gasteiger partial charge is 0.390 e. The summed E-state index contributed by atoms with van der Waals surface area (Å²) in [7, 11) is 0. The van der Waals surface area contributed by atoms with Gasteiger partial charge in [-0.05, 0) is 34.6 Å². The first-order valence-electron chi connectivity index (χ1n) is 4.13. The van der Waals surface area contributed by atoms with E-state index in [1.165, 1.54) is 0 Å². The highest BCUT2D eigenvalue weighted by Crippen LogP contribution is 2.08. The van der Waals surface area contributed by atoms with Crippen molar-refractivity contribution in [1.82, 2.24) is 5.32 Å². The van der Waals surface area contributed by atoms with Crippen LogP contribution in [0, 0.1) is 0 Å².